The van der Waals surface area contributed by atoms with Crippen LogP contribution in [0, 0.1) is 46.3 Å². The predicted octanol–water partition coefficient (Wildman–Crippen LogP) is 5.67. The number of ketones is 1. The van der Waals surface area contributed by atoms with Gasteiger partial charge in [-0.15, -0.1) is 0 Å². The molecule has 2 aromatic rings. The van der Waals surface area contributed by atoms with Crippen molar-refractivity contribution in [2.75, 3.05) is 19.8 Å². The number of phenols is 1. The second-order valence-corrected chi connectivity index (χ2v) is 23.5. The van der Waals surface area contributed by atoms with Gasteiger partial charge in [-0.3, -0.25) is 15.6 Å². The number of carboxylic acid groups (broad SMARTS) is 1. The number of benzene rings is 2. The molecule has 5 spiro atoms. The molecule has 15 atom stereocenters. The van der Waals surface area contributed by atoms with Crippen molar-refractivity contribution in [2.24, 2.45) is 39.4 Å². The Labute approximate surface area is 390 Å². The number of carbonyl (C=O) groups excluding carboxylic acids is 1. The second-order valence-electron chi connectivity index (χ2n) is 23.5. The number of hydrazine groups is 1. The summed E-state index contributed by atoms with van der Waals surface area (Å²) in [6.45, 7) is 4.17. The lowest BCUT2D eigenvalue weighted by Crippen LogP contribution is -2.81. The van der Waals surface area contributed by atoms with E-state index in [1.807, 2.05) is 0 Å². The maximum absolute atomic E-state index is 13.0. The van der Waals surface area contributed by atoms with Gasteiger partial charge in [0, 0.05) is 36.1 Å². The molecule has 0 radical (unpaired) electrons. The first-order valence-corrected chi connectivity index (χ1v) is 25.4. The Morgan fingerprint density at radius 1 is 0.970 bits per heavy atom. The van der Waals surface area contributed by atoms with Crippen LogP contribution >= 0.6 is 0 Å². The largest absolute Gasteiger partial charge is 0.506 e. The summed E-state index contributed by atoms with van der Waals surface area (Å²) in [5.74, 6) is -2.15. The van der Waals surface area contributed by atoms with Crippen LogP contribution in [0.4, 0.5) is 0 Å². The molecule has 0 amide bonds. The molecule has 4 saturated heterocycles. The standard InChI is InChI=1S/C53H66N2O12/c1-26-16-28-17-29(46(62)63)18-36(39(28)41(59)38(26)27(2)57)65-47-42(60)44(61)53-20-33-40-31(35(67-53)9-8-34(58)45(53)66-47)6-7-32(40)51(14-15-56)25-64-22-30-19-48-23-50(13-5-12-49(50)10-3-4-11-49)21-37(48)54-55-52(33,24-48)43(30)51/h7,16-18,30,33-35,37,42-45,47,54-56,58-61H,3-6,8-15,19-25H2,1-2H3,(H,62,63). The molecule has 15 unspecified atom stereocenters. The highest BCUT2D eigenvalue weighted by Crippen LogP contribution is 2.78. The van der Waals surface area contributed by atoms with Gasteiger partial charge >= 0.3 is 5.97 Å². The number of nitrogens with one attached hydrogen (secondary N) is 2. The van der Waals surface area contributed by atoms with Crippen molar-refractivity contribution in [3.05, 3.63) is 57.7 Å². The van der Waals surface area contributed by atoms with Crippen molar-refractivity contribution in [3.8, 4) is 11.5 Å². The van der Waals surface area contributed by atoms with Gasteiger partial charge in [-0.2, -0.15) is 0 Å². The summed E-state index contributed by atoms with van der Waals surface area (Å²) in [5, 5.41) is 70.8. The topological polar surface area (TPSA) is 216 Å². The van der Waals surface area contributed by atoms with Crippen LogP contribution in [0.3, 0.4) is 0 Å². The fourth-order valence-electron chi connectivity index (χ4n) is 18.8. The van der Waals surface area contributed by atoms with Crippen LogP contribution in [-0.2, 0) is 14.2 Å². The smallest absolute Gasteiger partial charge is 0.335 e. The van der Waals surface area contributed by atoms with E-state index < -0.39 is 70.9 Å². The number of aliphatic hydroxyl groups is 4. The number of phenolic OH excluding ortho intramolecular Hbond substituents is 1. The van der Waals surface area contributed by atoms with Crippen LogP contribution in [0.25, 0.3) is 10.8 Å². The zero-order valence-corrected chi connectivity index (χ0v) is 38.7. The molecule has 0 aromatic heterocycles. The lowest BCUT2D eigenvalue weighted by molar-refractivity contribution is -0.337. The van der Waals surface area contributed by atoms with E-state index in [1.165, 1.54) is 88.0 Å². The molecule has 9 fully saturated rings. The van der Waals surface area contributed by atoms with Crippen LogP contribution in [0.5, 0.6) is 11.5 Å². The van der Waals surface area contributed by atoms with Gasteiger partial charge in [0.2, 0.25) is 6.29 Å². The first-order chi connectivity index (χ1) is 32.1. The van der Waals surface area contributed by atoms with Gasteiger partial charge in [-0.05, 0) is 165 Å². The van der Waals surface area contributed by atoms with Crippen LogP contribution in [0.2, 0.25) is 0 Å². The van der Waals surface area contributed by atoms with Crippen LogP contribution in [0.15, 0.2) is 41.0 Å². The summed E-state index contributed by atoms with van der Waals surface area (Å²) in [4.78, 5) is 25.2. The van der Waals surface area contributed by atoms with E-state index in [2.05, 4.69) is 16.9 Å². The molecule has 5 aliphatic heterocycles. The summed E-state index contributed by atoms with van der Waals surface area (Å²) in [7, 11) is 0. The number of hydrogen-bond donors (Lipinski definition) is 8. The normalized spacial score (nSPS) is 45.3. The molecule has 11 aliphatic rings. The molecule has 67 heavy (non-hydrogen) atoms. The number of fused-ring (bicyclic) bond motifs is 5. The number of rotatable bonds is 6. The highest BCUT2D eigenvalue weighted by molar-refractivity contribution is 6.08. The van der Waals surface area contributed by atoms with Crippen LogP contribution in [0.1, 0.15) is 136 Å². The quantitative estimate of drug-likeness (QED) is 0.164. The second kappa shape index (κ2) is 14.6. The van der Waals surface area contributed by atoms with Crippen molar-refractivity contribution < 1.29 is 59.2 Å². The van der Waals surface area contributed by atoms with E-state index in [9.17, 15) is 40.2 Å². The van der Waals surface area contributed by atoms with Gasteiger partial charge in [0.1, 0.15) is 35.4 Å². The molecule has 5 saturated carbocycles. The number of aryl methyl sites for hydroxylation is 1. The van der Waals surface area contributed by atoms with Crippen molar-refractivity contribution in [1.82, 2.24) is 10.9 Å². The van der Waals surface area contributed by atoms with Crippen LogP contribution < -0.4 is 15.6 Å². The van der Waals surface area contributed by atoms with E-state index in [0.29, 0.717) is 54.9 Å². The van der Waals surface area contributed by atoms with Gasteiger partial charge in [-0.25, -0.2) is 4.79 Å². The molecule has 2 aromatic carbocycles. The average molecular weight is 923 g/mol. The maximum Gasteiger partial charge on any atom is 0.335 e. The number of carbonyl (C=O) groups is 2. The van der Waals surface area contributed by atoms with Gasteiger partial charge in [0.25, 0.3) is 0 Å². The molecule has 14 nitrogen and oxygen atoms in total. The molecule has 14 heteroatoms. The maximum atomic E-state index is 13.0. The number of Topliss-reactive ketones (excluding diaryl/α,β-unsaturated/α-hetero) is 1. The van der Waals surface area contributed by atoms with Crippen molar-refractivity contribution in [1.29, 1.82) is 0 Å². The van der Waals surface area contributed by atoms with E-state index in [1.54, 1.807) is 13.0 Å². The third kappa shape index (κ3) is 5.54. The first kappa shape index (κ1) is 43.6. The number of allylic oxidation sites excluding steroid dienone is 1. The van der Waals surface area contributed by atoms with Crippen LogP contribution in [-0.4, -0.2) is 116 Å². The Morgan fingerprint density at radius 2 is 1.76 bits per heavy atom. The molecule has 6 aliphatic carbocycles. The minimum absolute atomic E-state index is 0.00595. The minimum atomic E-state index is -1.75. The number of aliphatic hydroxyl groups excluding tert-OH is 4. The Balaban J connectivity index is 0.929. The fourth-order valence-corrected chi connectivity index (χ4v) is 18.8. The molecule has 360 valence electrons. The van der Waals surface area contributed by atoms with Crippen molar-refractivity contribution in [3.63, 3.8) is 0 Å². The molecular weight excluding hydrogens is 857 g/mol. The number of aromatic hydroxyl groups is 1. The SMILES string of the molecule is CC(=O)c1c(C)cc2cc(C(=O)O)cc(OC3OC4C(O)CCC5OC4(CC4C6=C5CC=C6C5(CCO)COCC6CC78CC4(NNC7CC4(CCCC47CCCC7)C8)C65)C(O)C3O)c2c1O. The molecule has 4 bridgehead atoms. The number of carboxylic acids is 1. The number of aromatic carboxylic acids is 1. The summed E-state index contributed by atoms with van der Waals surface area (Å²) in [5.41, 5.74) is 10.2. The van der Waals surface area contributed by atoms with E-state index in [4.69, 9.17) is 18.9 Å². The third-order valence-corrected chi connectivity index (χ3v) is 20.8. The molecule has 13 rings (SSSR count). The lowest BCUT2D eigenvalue weighted by Gasteiger charge is -2.72. The Morgan fingerprint density at radius 3 is 2.54 bits per heavy atom. The first-order valence-electron chi connectivity index (χ1n) is 25.4. The third-order valence-electron chi connectivity index (χ3n) is 20.8. The highest BCUT2D eigenvalue weighted by Gasteiger charge is 2.77. The Kier molecular flexibility index (Phi) is 9.48. The van der Waals surface area contributed by atoms with Gasteiger partial charge in [-0.1, -0.05) is 31.4 Å². The monoisotopic (exact) mass is 922 g/mol. The highest BCUT2D eigenvalue weighted by atomic mass is 16.7. The zero-order chi connectivity index (χ0) is 46.2. The fraction of sp³-hybridized carbons (Fsp3) is 0.698. The zero-order valence-electron chi connectivity index (χ0n) is 38.7. The van der Waals surface area contributed by atoms with Crippen molar-refractivity contribution >= 4 is 22.5 Å². The molecule has 8 N–H and O–H groups in total. The minimum Gasteiger partial charge on any atom is -0.506 e. The van der Waals surface area contributed by atoms with Gasteiger partial charge in [0.15, 0.2) is 5.78 Å². The summed E-state index contributed by atoms with van der Waals surface area (Å²) < 4.78 is 27.3. The van der Waals surface area contributed by atoms with Crippen molar-refractivity contribution in [2.45, 2.75) is 171 Å². The molecule has 5 heterocycles. The van der Waals surface area contributed by atoms with E-state index in [-0.39, 0.29) is 70.3 Å². The number of hydrogen-bond acceptors (Lipinski definition) is 13. The lowest BCUT2D eigenvalue weighted by atomic mass is 9.39. The van der Waals surface area contributed by atoms with Gasteiger partial charge < -0.3 is 49.6 Å². The molecular formula is C53H66N2O12. The van der Waals surface area contributed by atoms with E-state index >= 15 is 0 Å². The average Bonchev–Trinajstić information content (AvgIpc) is 4.06. The summed E-state index contributed by atoms with van der Waals surface area (Å²) in [6.07, 6.45) is 10.2. The summed E-state index contributed by atoms with van der Waals surface area (Å²) in [6, 6.07) is 4.50. The number of ether oxygens (including phenoxy) is 4. The predicted molar refractivity (Wildman–Crippen MR) is 242 cm³/mol. The van der Waals surface area contributed by atoms with E-state index in [0.717, 1.165) is 18.4 Å². The van der Waals surface area contributed by atoms with Gasteiger partial charge in [0.05, 0.1) is 35.3 Å². The Hall–Kier alpha value is -3.44. The Bertz CT molecular complexity index is 2540. The summed E-state index contributed by atoms with van der Waals surface area (Å²) >= 11 is 0.